The lowest BCUT2D eigenvalue weighted by atomic mass is 9.95. The topological polar surface area (TPSA) is 144 Å². The Morgan fingerprint density at radius 3 is 2.06 bits per heavy atom. The molecule has 0 spiro atoms. The van der Waals surface area contributed by atoms with Crippen molar-refractivity contribution in [2.24, 2.45) is 5.41 Å². The van der Waals surface area contributed by atoms with Crippen molar-refractivity contribution < 1.29 is 19.4 Å². The Kier molecular flexibility index (Phi) is 7.65. The van der Waals surface area contributed by atoms with Gasteiger partial charge in [-0.1, -0.05) is 58.9 Å². The van der Waals surface area contributed by atoms with Gasteiger partial charge in [0.1, 0.15) is 11.4 Å². The van der Waals surface area contributed by atoms with Crippen molar-refractivity contribution in [3.63, 3.8) is 0 Å². The molecule has 10 nitrogen and oxygen atoms in total. The molecule has 0 saturated heterocycles. The summed E-state index contributed by atoms with van der Waals surface area (Å²) in [5.41, 5.74) is -0.556. The highest BCUT2D eigenvalue weighted by atomic mass is 16.6. The normalized spacial score (nSPS) is 11.8. The number of hydrogen-bond acceptors (Lipinski definition) is 6. The Balaban J connectivity index is 2.44. The van der Waals surface area contributed by atoms with Gasteiger partial charge in [-0.15, -0.1) is 0 Å². The molecule has 0 fully saturated rings. The maximum Gasteiger partial charge on any atom is 0.299 e. The average Bonchev–Trinajstić information content (AvgIpc) is 2.72. The molecule has 10 heteroatoms. The van der Waals surface area contributed by atoms with Gasteiger partial charge in [0.05, 0.1) is 15.9 Å². The molecule has 0 aliphatic rings. The monoisotopic (exact) mass is 454 g/mol. The number of hydrogen-bond donors (Lipinski definition) is 2. The lowest BCUT2D eigenvalue weighted by Gasteiger charge is -2.19. The number of nitro benzene ring substituents is 2. The van der Waals surface area contributed by atoms with E-state index in [4.69, 9.17) is 0 Å². The molecule has 2 aromatic rings. The van der Waals surface area contributed by atoms with Crippen LogP contribution in [0.2, 0.25) is 0 Å². The maximum atomic E-state index is 13.0. The van der Waals surface area contributed by atoms with Gasteiger partial charge >= 0.3 is 0 Å². The molecule has 174 valence electrons. The van der Waals surface area contributed by atoms with Gasteiger partial charge in [-0.3, -0.25) is 29.8 Å². The van der Waals surface area contributed by atoms with Crippen LogP contribution in [0.3, 0.4) is 0 Å². The van der Waals surface area contributed by atoms with Gasteiger partial charge in [0.2, 0.25) is 5.91 Å². The Morgan fingerprint density at radius 2 is 1.58 bits per heavy atom. The quantitative estimate of drug-likeness (QED) is 0.350. The number of anilines is 1. The van der Waals surface area contributed by atoms with Crippen LogP contribution >= 0.6 is 0 Å². The van der Waals surface area contributed by atoms with Gasteiger partial charge < -0.3 is 10.6 Å². The van der Waals surface area contributed by atoms with Crippen LogP contribution in [0.25, 0.3) is 6.08 Å². The summed E-state index contributed by atoms with van der Waals surface area (Å²) in [6.45, 7) is 9.12. The van der Waals surface area contributed by atoms with Crippen LogP contribution < -0.4 is 10.6 Å². The zero-order valence-corrected chi connectivity index (χ0v) is 19.0. The summed E-state index contributed by atoms with van der Waals surface area (Å²) in [6, 6.07) is 10.3. The van der Waals surface area contributed by atoms with Crippen molar-refractivity contribution in [2.45, 2.75) is 40.5 Å². The molecule has 2 amide bonds. The first kappa shape index (κ1) is 25.2. The van der Waals surface area contributed by atoms with Gasteiger partial charge in [-0.25, -0.2) is 0 Å². The minimum atomic E-state index is -0.829. The Bertz CT molecular complexity index is 1110. The van der Waals surface area contributed by atoms with Gasteiger partial charge in [0.25, 0.3) is 17.3 Å². The summed E-state index contributed by atoms with van der Waals surface area (Å²) in [5, 5.41) is 27.3. The van der Waals surface area contributed by atoms with Crippen LogP contribution in [0, 0.1) is 25.6 Å². The van der Waals surface area contributed by atoms with E-state index in [2.05, 4.69) is 10.6 Å². The molecule has 0 heterocycles. The molecule has 33 heavy (non-hydrogen) atoms. The number of non-ortho nitro benzene ring substituents is 1. The Hall–Kier alpha value is -4.08. The van der Waals surface area contributed by atoms with Crippen LogP contribution in [0.15, 0.2) is 48.2 Å². The zero-order chi connectivity index (χ0) is 24.9. The second kappa shape index (κ2) is 10.0. The number of amides is 2. The van der Waals surface area contributed by atoms with Crippen molar-refractivity contribution in [3.05, 3.63) is 79.5 Å². The van der Waals surface area contributed by atoms with E-state index in [0.717, 1.165) is 23.8 Å². The van der Waals surface area contributed by atoms with E-state index >= 15 is 0 Å². The third kappa shape index (κ3) is 6.70. The van der Waals surface area contributed by atoms with E-state index in [1.807, 2.05) is 26.0 Å². The summed E-state index contributed by atoms with van der Waals surface area (Å²) in [6.07, 6.45) is 1.46. The van der Waals surface area contributed by atoms with E-state index in [1.54, 1.807) is 32.9 Å². The van der Waals surface area contributed by atoms with E-state index in [0.29, 0.717) is 11.5 Å². The molecule has 0 aromatic heterocycles. The minimum Gasteiger partial charge on any atom is -0.321 e. The highest BCUT2D eigenvalue weighted by Crippen LogP contribution is 2.29. The fourth-order valence-corrected chi connectivity index (χ4v) is 2.69. The first-order valence-electron chi connectivity index (χ1n) is 10.2. The second-order valence-corrected chi connectivity index (χ2v) is 8.75. The molecular weight excluding hydrogens is 428 g/mol. The lowest BCUT2D eigenvalue weighted by Crippen LogP contribution is -2.38. The van der Waals surface area contributed by atoms with Crippen molar-refractivity contribution >= 4 is 35.0 Å². The van der Waals surface area contributed by atoms with Crippen molar-refractivity contribution in [1.29, 1.82) is 0 Å². The molecule has 0 unspecified atom stereocenters. The van der Waals surface area contributed by atoms with Crippen LogP contribution in [0.1, 0.15) is 51.7 Å². The van der Waals surface area contributed by atoms with Gasteiger partial charge in [-0.2, -0.15) is 0 Å². The predicted molar refractivity (Wildman–Crippen MR) is 124 cm³/mol. The lowest BCUT2D eigenvalue weighted by molar-refractivity contribution is -0.393. The van der Waals surface area contributed by atoms with Crippen LogP contribution in [-0.4, -0.2) is 21.7 Å². The SMILES string of the molecule is CC(C)c1ccc(/C=C(/NC(=O)C(C)(C)C)C(=O)Nc2ccc([N+](=O)[O-])cc2[N+](=O)[O-])cc1. The molecular formula is C23H26N4O6. The number of nitrogens with one attached hydrogen (secondary N) is 2. The van der Waals surface area contributed by atoms with Crippen LogP contribution in [0.4, 0.5) is 17.1 Å². The van der Waals surface area contributed by atoms with Crippen LogP contribution in [-0.2, 0) is 9.59 Å². The minimum absolute atomic E-state index is 0.125. The summed E-state index contributed by atoms with van der Waals surface area (Å²) >= 11 is 0. The fraction of sp³-hybridized carbons (Fsp3) is 0.304. The molecule has 2 N–H and O–H groups in total. The number of rotatable bonds is 7. The van der Waals surface area contributed by atoms with Gasteiger partial charge in [0, 0.05) is 11.5 Å². The Labute approximate surface area is 191 Å². The van der Waals surface area contributed by atoms with Crippen molar-refractivity contribution in [2.75, 3.05) is 5.32 Å². The standard InChI is InChI=1S/C23H26N4O6/c1-14(2)16-8-6-15(7-9-16)12-19(25-22(29)23(3,4)5)21(28)24-18-11-10-17(26(30)31)13-20(18)27(32)33/h6-14H,1-5H3,(H,24,28)(H,25,29)/b19-12+. The van der Waals surface area contributed by atoms with Crippen molar-refractivity contribution in [1.82, 2.24) is 5.32 Å². The van der Waals surface area contributed by atoms with Gasteiger partial charge in [0.15, 0.2) is 0 Å². The summed E-state index contributed by atoms with van der Waals surface area (Å²) in [5.74, 6) is -0.924. The largest absolute Gasteiger partial charge is 0.321 e. The first-order valence-corrected chi connectivity index (χ1v) is 10.2. The molecule has 0 bridgehead atoms. The van der Waals surface area contributed by atoms with E-state index in [-0.39, 0.29) is 11.4 Å². The first-order chi connectivity index (χ1) is 15.3. The number of carbonyl (C=O) groups is 2. The summed E-state index contributed by atoms with van der Waals surface area (Å²) < 4.78 is 0. The highest BCUT2D eigenvalue weighted by molar-refractivity contribution is 6.09. The van der Waals surface area contributed by atoms with Crippen molar-refractivity contribution in [3.8, 4) is 0 Å². The second-order valence-electron chi connectivity index (χ2n) is 8.75. The maximum absolute atomic E-state index is 13.0. The molecule has 0 radical (unpaired) electrons. The molecule has 2 aromatic carbocycles. The van der Waals surface area contributed by atoms with Crippen LogP contribution in [0.5, 0.6) is 0 Å². The van der Waals surface area contributed by atoms with Gasteiger partial charge in [-0.05, 0) is 29.2 Å². The molecule has 2 rings (SSSR count). The zero-order valence-electron chi connectivity index (χ0n) is 19.0. The highest BCUT2D eigenvalue weighted by Gasteiger charge is 2.26. The van der Waals surface area contributed by atoms with E-state index in [9.17, 15) is 29.8 Å². The third-order valence-corrected chi connectivity index (χ3v) is 4.73. The number of nitro groups is 2. The van der Waals surface area contributed by atoms with E-state index < -0.39 is 38.5 Å². The number of carbonyl (C=O) groups excluding carboxylic acids is 2. The number of nitrogens with zero attached hydrogens (tertiary/aromatic N) is 2. The van der Waals surface area contributed by atoms with E-state index in [1.165, 1.54) is 6.08 Å². The fourth-order valence-electron chi connectivity index (χ4n) is 2.69. The third-order valence-electron chi connectivity index (χ3n) is 4.73. The molecule has 0 aliphatic carbocycles. The summed E-state index contributed by atoms with van der Waals surface area (Å²) in [4.78, 5) is 46.3. The number of benzene rings is 2. The predicted octanol–water partition coefficient (Wildman–Crippen LogP) is 4.77. The Morgan fingerprint density at radius 1 is 0.970 bits per heavy atom. The molecule has 0 saturated carbocycles. The summed E-state index contributed by atoms with van der Waals surface area (Å²) in [7, 11) is 0. The molecule has 0 atom stereocenters. The average molecular weight is 454 g/mol. The smallest absolute Gasteiger partial charge is 0.299 e. The molecule has 0 aliphatic heterocycles.